The van der Waals surface area contributed by atoms with E-state index in [1.807, 2.05) is 0 Å². The van der Waals surface area contributed by atoms with E-state index in [-0.39, 0.29) is 18.2 Å². The van der Waals surface area contributed by atoms with Gasteiger partial charge >= 0.3 is 6.09 Å². The van der Waals surface area contributed by atoms with E-state index in [1.54, 1.807) is 41.5 Å². The highest BCUT2D eigenvalue weighted by atomic mass is 16.6. The van der Waals surface area contributed by atoms with Crippen LogP contribution in [0.1, 0.15) is 73.6 Å². The van der Waals surface area contributed by atoms with E-state index in [0.717, 1.165) is 12.8 Å². The summed E-state index contributed by atoms with van der Waals surface area (Å²) in [6.07, 6.45) is 2.21. The first-order chi connectivity index (χ1) is 16.1. The molecule has 0 aromatic carbocycles. The normalized spacial score (nSPS) is 20.7. The largest absolute Gasteiger partial charge is 0.444 e. The Balaban J connectivity index is 2.11. The average Bonchev–Trinajstić information content (AvgIpc) is 3.42. The molecule has 11 heteroatoms. The van der Waals surface area contributed by atoms with Gasteiger partial charge in [-0.1, -0.05) is 33.6 Å². The lowest BCUT2D eigenvalue weighted by Crippen LogP contribution is -2.59. The number of primary amides is 1. The van der Waals surface area contributed by atoms with Gasteiger partial charge in [0.15, 0.2) is 0 Å². The van der Waals surface area contributed by atoms with Crippen molar-refractivity contribution in [1.29, 1.82) is 0 Å². The lowest BCUT2D eigenvalue weighted by molar-refractivity contribution is -0.133. The van der Waals surface area contributed by atoms with Crippen LogP contribution in [0.15, 0.2) is 0 Å². The smallest absolute Gasteiger partial charge is 0.408 e. The number of carbonyl (C=O) groups is 5. The third kappa shape index (κ3) is 9.37. The number of amides is 5. The van der Waals surface area contributed by atoms with E-state index in [4.69, 9.17) is 10.5 Å². The van der Waals surface area contributed by atoms with Crippen LogP contribution < -0.4 is 27.0 Å². The Morgan fingerprint density at radius 1 is 0.943 bits per heavy atom. The lowest BCUT2D eigenvalue weighted by Gasteiger charge is -2.32. The summed E-state index contributed by atoms with van der Waals surface area (Å²) in [6, 6.07) is -2.92. The first-order valence-electron chi connectivity index (χ1n) is 12.2. The van der Waals surface area contributed by atoms with Gasteiger partial charge in [-0.15, -0.1) is 0 Å². The Kier molecular flexibility index (Phi) is 9.13. The number of nitrogens with two attached hydrogens (primary N) is 1. The minimum absolute atomic E-state index is 0.0990. The quantitative estimate of drug-likeness (QED) is 0.299. The summed E-state index contributed by atoms with van der Waals surface area (Å²) in [6.45, 7) is 11.1. The van der Waals surface area contributed by atoms with Crippen LogP contribution in [-0.4, -0.2) is 60.0 Å². The standard InChI is InChI=1S/C24H41N5O6/c1-23(2,3)17(29-22(34)35-24(4,5)6)21(33)28-16(11-13-7-8-13)20(32)27-15(18(25)30)12-14-9-10-26-19(14)31/h13-17H,7-12H2,1-6H3,(H2,25,30)(H,26,31)(H,27,32)(H,28,33)(H,29,34)/t14-,15-,16-,17+/m0/s1. The van der Waals surface area contributed by atoms with Crippen LogP contribution >= 0.6 is 0 Å². The summed E-state index contributed by atoms with van der Waals surface area (Å²) in [5.41, 5.74) is 4.09. The fourth-order valence-corrected chi connectivity index (χ4v) is 3.95. The van der Waals surface area contributed by atoms with E-state index in [0.29, 0.717) is 19.4 Å². The Labute approximate surface area is 207 Å². The molecule has 2 fully saturated rings. The van der Waals surface area contributed by atoms with Crippen LogP contribution in [0, 0.1) is 17.3 Å². The van der Waals surface area contributed by atoms with Crippen LogP contribution in [0.3, 0.4) is 0 Å². The second-order valence-electron chi connectivity index (χ2n) is 11.7. The lowest BCUT2D eigenvalue weighted by atomic mass is 9.86. The number of hydrogen-bond acceptors (Lipinski definition) is 6. The molecule has 1 saturated heterocycles. The topological polar surface area (TPSA) is 169 Å². The van der Waals surface area contributed by atoms with Gasteiger partial charge in [0, 0.05) is 12.5 Å². The maximum absolute atomic E-state index is 13.2. The molecular formula is C24H41N5O6. The Morgan fingerprint density at radius 3 is 2.00 bits per heavy atom. The minimum atomic E-state index is -1.03. The van der Waals surface area contributed by atoms with Crippen LogP contribution in [-0.2, 0) is 23.9 Å². The molecule has 2 rings (SSSR count). The van der Waals surface area contributed by atoms with Gasteiger partial charge in [-0.05, 0) is 51.4 Å². The molecule has 198 valence electrons. The van der Waals surface area contributed by atoms with E-state index >= 15 is 0 Å². The summed E-state index contributed by atoms with van der Waals surface area (Å²) in [5, 5.41) is 10.7. The molecule has 6 N–H and O–H groups in total. The first-order valence-corrected chi connectivity index (χ1v) is 12.2. The highest BCUT2D eigenvalue weighted by Gasteiger charge is 2.39. The molecule has 0 aromatic rings. The van der Waals surface area contributed by atoms with Crippen molar-refractivity contribution in [3.63, 3.8) is 0 Å². The molecule has 0 unspecified atom stereocenters. The number of rotatable bonds is 10. The zero-order valence-corrected chi connectivity index (χ0v) is 21.7. The number of ether oxygens (including phenoxy) is 1. The van der Waals surface area contributed by atoms with E-state index in [9.17, 15) is 24.0 Å². The van der Waals surface area contributed by atoms with Crippen molar-refractivity contribution in [3.8, 4) is 0 Å². The number of carbonyl (C=O) groups excluding carboxylic acids is 5. The predicted molar refractivity (Wildman–Crippen MR) is 129 cm³/mol. The van der Waals surface area contributed by atoms with Gasteiger partial charge in [0.25, 0.3) is 0 Å². The Morgan fingerprint density at radius 2 is 1.54 bits per heavy atom. The molecule has 0 aromatic heterocycles. The van der Waals surface area contributed by atoms with Gasteiger partial charge in [-0.3, -0.25) is 19.2 Å². The van der Waals surface area contributed by atoms with Crippen molar-refractivity contribution in [1.82, 2.24) is 21.3 Å². The molecule has 4 atom stereocenters. The highest BCUT2D eigenvalue weighted by molar-refractivity contribution is 5.94. The molecule has 2 aliphatic rings. The zero-order valence-electron chi connectivity index (χ0n) is 21.7. The third-order valence-corrected chi connectivity index (χ3v) is 6.03. The SMILES string of the molecule is CC(C)(C)OC(=O)N[C@H](C(=O)N[C@@H](CC1CC1)C(=O)N[C@@H](C[C@@H]1CCNC1=O)C(N)=O)C(C)(C)C. The van der Waals surface area contributed by atoms with Crippen LogP contribution in [0.2, 0.25) is 0 Å². The second kappa shape index (κ2) is 11.3. The Bertz CT molecular complexity index is 827. The number of hydrogen-bond donors (Lipinski definition) is 5. The van der Waals surface area contributed by atoms with Gasteiger partial charge in [0.2, 0.25) is 23.6 Å². The fourth-order valence-electron chi connectivity index (χ4n) is 3.95. The summed E-state index contributed by atoms with van der Waals surface area (Å²) in [7, 11) is 0. The van der Waals surface area contributed by atoms with Crippen molar-refractivity contribution >= 4 is 29.7 Å². The van der Waals surface area contributed by atoms with Gasteiger partial charge in [0.05, 0.1) is 0 Å². The molecule has 0 radical (unpaired) electrons. The first kappa shape index (κ1) is 28.4. The summed E-state index contributed by atoms with van der Waals surface area (Å²) < 4.78 is 5.30. The summed E-state index contributed by atoms with van der Waals surface area (Å²) in [5.74, 6) is -2.12. The van der Waals surface area contributed by atoms with E-state index < -0.39 is 58.9 Å². The summed E-state index contributed by atoms with van der Waals surface area (Å²) >= 11 is 0. The molecule has 0 spiro atoms. The molecule has 35 heavy (non-hydrogen) atoms. The van der Waals surface area contributed by atoms with Crippen molar-refractivity contribution in [3.05, 3.63) is 0 Å². The van der Waals surface area contributed by atoms with E-state index in [2.05, 4.69) is 21.3 Å². The van der Waals surface area contributed by atoms with Gasteiger partial charge in [0.1, 0.15) is 23.7 Å². The molecule has 1 aliphatic heterocycles. The van der Waals surface area contributed by atoms with Crippen molar-refractivity contribution in [2.75, 3.05) is 6.54 Å². The third-order valence-electron chi connectivity index (χ3n) is 6.03. The fraction of sp³-hybridized carbons (Fsp3) is 0.792. The Hall–Kier alpha value is -2.85. The molecule has 1 heterocycles. The second-order valence-corrected chi connectivity index (χ2v) is 11.7. The molecular weight excluding hydrogens is 454 g/mol. The van der Waals surface area contributed by atoms with Crippen molar-refractivity contribution in [2.24, 2.45) is 23.0 Å². The molecule has 1 aliphatic carbocycles. The average molecular weight is 496 g/mol. The van der Waals surface area contributed by atoms with Crippen LogP contribution in [0.25, 0.3) is 0 Å². The predicted octanol–water partition coefficient (Wildman–Crippen LogP) is 0.707. The molecule has 11 nitrogen and oxygen atoms in total. The monoisotopic (exact) mass is 495 g/mol. The zero-order chi connectivity index (χ0) is 26.6. The number of alkyl carbamates (subject to hydrolysis) is 1. The van der Waals surface area contributed by atoms with Crippen LogP contribution in [0.5, 0.6) is 0 Å². The molecule has 5 amide bonds. The van der Waals surface area contributed by atoms with Crippen molar-refractivity contribution in [2.45, 2.75) is 97.4 Å². The van der Waals surface area contributed by atoms with Gasteiger partial charge in [-0.2, -0.15) is 0 Å². The van der Waals surface area contributed by atoms with Crippen LogP contribution in [0.4, 0.5) is 4.79 Å². The maximum atomic E-state index is 13.2. The number of nitrogens with one attached hydrogen (secondary N) is 4. The van der Waals surface area contributed by atoms with Gasteiger partial charge < -0.3 is 31.7 Å². The molecule has 0 bridgehead atoms. The molecule has 1 saturated carbocycles. The van der Waals surface area contributed by atoms with Gasteiger partial charge in [-0.25, -0.2) is 4.79 Å². The maximum Gasteiger partial charge on any atom is 0.408 e. The highest BCUT2D eigenvalue weighted by Crippen LogP contribution is 2.34. The van der Waals surface area contributed by atoms with Crippen molar-refractivity contribution < 1.29 is 28.7 Å². The summed E-state index contributed by atoms with van der Waals surface area (Å²) in [4.78, 5) is 62.7. The minimum Gasteiger partial charge on any atom is -0.444 e. The van der Waals surface area contributed by atoms with E-state index in [1.165, 1.54) is 0 Å².